The first kappa shape index (κ1) is 20.2. The number of carbonyl (C=O) groups excluding carboxylic acids is 2. The van der Waals surface area contributed by atoms with Gasteiger partial charge >= 0.3 is 5.97 Å². The van der Waals surface area contributed by atoms with Gasteiger partial charge in [-0.05, 0) is 55.0 Å². The predicted molar refractivity (Wildman–Crippen MR) is 115 cm³/mol. The molecule has 0 N–H and O–H groups in total. The molecule has 0 atom stereocenters. The molecule has 1 aliphatic rings. The van der Waals surface area contributed by atoms with Crippen LogP contribution in [0.5, 0.6) is 23.0 Å². The molecule has 0 saturated carbocycles. The highest BCUT2D eigenvalue weighted by Crippen LogP contribution is 2.36. The number of rotatable bonds is 5. The van der Waals surface area contributed by atoms with E-state index in [1.54, 1.807) is 62.8 Å². The van der Waals surface area contributed by atoms with Gasteiger partial charge in [-0.1, -0.05) is 23.8 Å². The number of hydrogen-bond donors (Lipinski definition) is 0. The number of methoxy groups -OCH3 is 2. The second-order valence-electron chi connectivity index (χ2n) is 6.97. The summed E-state index contributed by atoms with van der Waals surface area (Å²) in [7, 11) is 3.10. The van der Waals surface area contributed by atoms with Crippen LogP contribution in [0.3, 0.4) is 0 Å². The van der Waals surface area contributed by atoms with Gasteiger partial charge in [-0.2, -0.15) is 0 Å². The first-order valence-electron chi connectivity index (χ1n) is 9.57. The highest BCUT2D eigenvalue weighted by molar-refractivity contribution is 6.14. The quantitative estimate of drug-likeness (QED) is 0.336. The van der Waals surface area contributed by atoms with Crippen molar-refractivity contribution in [2.45, 2.75) is 6.92 Å². The highest BCUT2D eigenvalue weighted by atomic mass is 16.5. The lowest BCUT2D eigenvalue weighted by atomic mass is 10.1. The van der Waals surface area contributed by atoms with E-state index in [2.05, 4.69) is 0 Å². The van der Waals surface area contributed by atoms with Crippen molar-refractivity contribution >= 4 is 17.8 Å². The Morgan fingerprint density at radius 3 is 2.35 bits per heavy atom. The van der Waals surface area contributed by atoms with Crippen LogP contribution in [0, 0.1) is 6.92 Å². The minimum absolute atomic E-state index is 0.171. The van der Waals surface area contributed by atoms with E-state index in [9.17, 15) is 9.59 Å². The Balaban J connectivity index is 1.55. The van der Waals surface area contributed by atoms with Gasteiger partial charge in [-0.15, -0.1) is 0 Å². The third-order valence-corrected chi connectivity index (χ3v) is 4.84. The van der Waals surface area contributed by atoms with E-state index in [1.165, 1.54) is 6.07 Å². The number of carbonyl (C=O) groups is 2. The zero-order valence-electron chi connectivity index (χ0n) is 17.3. The van der Waals surface area contributed by atoms with Crippen LogP contribution < -0.4 is 18.9 Å². The largest absolute Gasteiger partial charge is 0.493 e. The van der Waals surface area contributed by atoms with E-state index >= 15 is 0 Å². The lowest BCUT2D eigenvalue weighted by Crippen LogP contribution is -2.08. The van der Waals surface area contributed by atoms with E-state index < -0.39 is 5.97 Å². The van der Waals surface area contributed by atoms with Crippen molar-refractivity contribution in [2.24, 2.45) is 0 Å². The van der Waals surface area contributed by atoms with E-state index in [4.69, 9.17) is 18.9 Å². The average molecular weight is 416 g/mol. The van der Waals surface area contributed by atoms with Gasteiger partial charge in [-0.25, -0.2) is 4.79 Å². The standard InChI is InChI=1S/C25H20O6/c1-15-4-7-17(8-5-15)25(27)30-18-9-10-19-21(14-18)31-23(24(19)26)13-16-6-11-20(28-2)22(12-16)29-3/h4-14H,1-3H3. The molecule has 3 aromatic carbocycles. The average Bonchev–Trinajstić information content (AvgIpc) is 3.08. The summed E-state index contributed by atoms with van der Waals surface area (Å²) in [5.74, 6) is 1.21. The van der Waals surface area contributed by atoms with Crippen molar-refractivity contribution < 1.29 is 28.5 Å². The number of fused-ring (bicyclic) bond motifs is 1. The van der Waals surface area contributed by atoms with Crippen LogP contribution in [0.4, 0.5) is 0 Å². The Morgan fingerprint density at radius 1 is 0.903 bits per heavy atom. The number of ether oxygens (including phenoxy) is 4. The summed E-state index contributed by atoms with van der Waals surface area (Å²) in [4.78, 5) is 25.1. The fraction of sp³-hybridized carbons (Fsp3) is 0.120. The second-order valence-corrected chi connectivity index (χ2v) is 6.97. The van der Waals surface area contributed by atoms with E-state index in [1.807, 2.05) is 19.1 Å². The van der Waals surface area contributed by atoms with Crippen molar-refractivity contribution in [3.63, 3.8) is 0 Å². The monoisotopic (exact) mass is 416 g/mol. The summed E-state index contributed by atoms with van der Waals surface area (Å²) in [6.07, 6.45) is 1.63. The van der Waals surface area contributed by atoms with Gasteiger partial charge in [0.25, 0.3) is 0 Å². The molecule has 0 unspecified atom stereocenters. The topological polar surface area (TPSA) is 71.1 Å². The van der Waals surface area contributed by atoms with Crippen molar-refractivity contribution in [2.75, 3.05) is 14.2 Å². The molecule has 1 aliphatic heterocycles. The Kier molecular flexibility index (Phi) is 5.45. The Morgan fingerprint density at radius 2 is 1.65 bits per heavy atom. The van der Waals surface area contributed by atoms with Gasteiger partial charge in [0.2, 0.25) is 5.78 Å². The van der Waals surface area contributed by atoms with Crippen LogP contribution in [0.1, 0.15) is 31.8 Å². The molecule has 0 bridgehead atoms. The predicted octanol–water partition coefficient (Wildman–Crippen LogP) is 4.85. The molecule has 156 valence electrons. The summed E-state index contributed by atoms with van der Waals surface area (Å²) in [6, 6.07) is 17.1. The molecular weight excluding hydrogens is 396 g/mol. The van der Waals surface area contributed by atoms with Crippen molar-refractivity contribution in [1.29, 1.82) is 0 Å². The number of benzene rings is 3. The zero-order chi connectivity index (χ0) is 22.0. The van der Waals surface area contributed by atoms with Gasteiger partial charge in [-0.3, -0.25) is 4.79 Å². The van der Waals surface area contributed by atoms with Crippen molar-refractivity contribution in [3.8, 4) is 23.0 Å². The Hall–Kier alpha value is -4.06. The minimum Gasteiger partial charge on any atom is -0.493 e. The van der Waals surface area contributed by atoms with E-state index in [0.29, 0.717) is 34.1 Å². The lowest BCUT2D eigenvalue weighted by Gasteiger charge is -2.08. The molecule has 0 saturated heterocycles. The molecule has 6 heteroatoms. The first-order chi connectivity index (χ1) is 15.0. The van der Waals surface area contributed by atoms with Crippen LogP contribution in [-0.2, 0) is 0 Å². The molecule has 31 heavy (non-hydrogen) atoms. The van der Waals surface area contributed by atoms with Crippen LogP contribution in [-0.4, -0.2) is 26.0 Å². The maximum absolute atomic E-state index is 12.7. The third-order valence-electron chi connectivity index (χ3n) is 4.84. The number of esters is 1. The summed E-state index contributed by atoms with van der Waals surface area (Å²) >= 11 is 0. The SMILES string of the molecule is COc1ccc(C=C2Oc3cc(OC(=O)c4ccc(C)cc4)ccc3C2=O)cc1OC. The summed E-state index contributed by atoms with van der Waals surface area (Å²) in [5.41, 5.74) is 2.62. The van der Waals surface area contributed by atoms with Crippen LogP contribution in [0.15, 0.2) is 66.4 Å². The normalized spacial score (nSPS) is 13.5. The fourth-order valence-electron chi connectivity index (χ4n) is 3.18. The van der Waals surface area contributed by atoms with Crippen molar-refractivity contribution in [3.05, 3.63) is 88.7 Å². The van der Waals surface area contributed by atoms with Crippen LogP contribution >= 0.6 is 0 Å². The molecule has 3 aromatic rings. The molecule has 0 amide bonds. The number of Topliss-reactive ketones (excluding diaryl/α,β-unsaturated/α-hetero) is 1. The van der Waals surface area contributed by atoms with E-state index in [-0.39, 0.29) is 11.5 Å². The fourth-order valence-corrected chi connectivity index (χ4v) is 3.18. The lowest BCUT2D eigenvalue weighted by molar-refractivity contribution is 0.0734. The summed E-state index contributed by atoms with van der Waals surface area (Å²) in [6.45, 7) is 1.94. The van der Waals surface area contributed by atoms with Gasteiger partial charge in [0.05, 0.1) is 25.3 Å². The van der Waals surface area contributed by atoms with E-state index in [0.717, 1.165) is 11.1 Å². The molecule has 6 nitrogen and oxygen atoms in total. The maximum atomic E-state index is 12.7. The molecule has 1 heterocycles. The van der Waals surface area contributed by atoms with Gasteiger partial charge < -0.3 is 18.9 Å². The molecule has 0 radical (unpaired) electrons. The molecule has 4 rings (SSSR count). The molecule has 0 aliphatic carbocycles. The van der Waals surface area contributed by atoms with Gasteiger partial charge in [0, 0.05) is 6.07 Å². The molecular formula is C25H20O6. The molecule has 0 aromatic heterocycles. The zero-order valence-corrected chi connectivity index (χ0v) is 17.3. The number of ketones is 1. The Labute approximate surface area is 179 Å². The molecule has 0 fully saturated rings. The third kappa shape index (κ3) is 4.14. The second kappa shape index (κ2) is 8.36. The number of aryl methyl sites for hydroxylation is 1. The van der Waals surface area contributed by atoms with Gasteiger partial charge in [0.15, 0.2) is 17.3 Å². The number of allylic oxidation sites excluding steroid dienone is 1. The Bertz CT molecular complexity index is 1190. The molecule has 0 spiro atoms. The van der Waals surface area contributed by atoms with Gasteiger partial charge in [0.1, 0.15) is 11.5 Å². The van der Waals surface area contributed by atoms with Crippen LogP contribution in [0.25, 0.3) is 6.08 Å². The highest BCUT2D eigenvalue weighted by Gasteiger charge is 2.28. The first-order valence-corrected chi connectivity index (χ1v) is 9.57. The minimum atomic E-state index is -0.481. The summed E-state index contributed by atoms with van der Waals surface area (Å²) in [5, 5.41) is 0. The summed E-state index contributed by atoms with van der Waals surface area (Å²) < 4.78 is 21.7. The van der Waals surface area contributed by atoms with Crippen LogP contribution in [0.2, 0.25) is 0 Å². The number of hydrogen-bond acceptors (Lipinski definition) is 6. The smallest absolute Gasteiger partial charge is 0.343 e. The maximum Gasteiger partial charge on any atom is 0.343 e. The van der Waals surface area contributed by atoms with Crippen molar-refractivity contribution in [1.82, 2.24) is 0 Å².